The van der Waals surface area contributed by atoms with Crippen molar-refractivity contribution in [3.05, 3.63) is 66.2 Å². The summed E-state index contributed by atoms with van der Waals surface area (Å²) in [5.41, 5.74) is 0.0907. The maximum absolute atomic E-state index is 14.4. The zero-order valence-electron chi connectivity index (χ0n) is 31.2. The third kappa shape index (κ3) is 12.6. The normalized spacial score (nSPS) is 24.9. The summed E-state index contributed by atoms with van der Waals surface area (Å²) in [5.74, 6) is -3.68. The smallest absolute Gasteiger partial charge is 0.303 e. The molecule has 4 rings (SSSR count). The number of aliphatic carboxylic acids is 1. The third-order valence-electron chi connectivity index (χ3n) is 9.14. The first-order valence-electron chi connectivity index (χ1n) is 18.3. The van der Waals surface area contributed by atoms with Gasteiger partial charge in [0.2, 0.25) is 29.5 Å². The molecule has 2 saturated heterocycles. The average Bonchev–Trinajstić information content (AvgIpc) is 3.57. The first-order valence-corrected chi connectivity index (χ1v) is 19.3. The van der Waals surface area contributed by atoms with Crippen LogP contribution in [0.15, 0.2) is 65.6 Å². The molecule has 6 N–H and O–H groups in total. The van der Waals surface area contributed by atoms with E-state index < -0.39 is 83.7 Å². The number of thioether (sulfide) groups is 1. The Bertz CT molecular complexity index is 1590. The molecule has 2 aliphatic heterocycles. The van der Waals surface area contributed by atoms with Gasteiger partial charge in [0.1, 0.15) is 24.2 Å². The minimum absolute atomic E-state index is 0.00105. The molecule has 0 aliphatic carbocycles. The fourth-order valence-electron chi connectivity index (χ4n) is 6.72. The van der Waals surface area contributed by atoms with E-state index in [0.717, 1.165) is 10.5 Å². The van der Waals surface area contributed by atoms with E-state index in [2.05, 4.69) is 26.6 Å². The number of hydrogen-bond acceptors (Lipinski definition) is 8. The summed E-state index contributed by atoms with van der Waals surface area (Å²) in [6, 6.07) is 12.4. The molecule has 2 heterocycles. The van der Waals surface area contributed by atoms with Crippen LogP contribution in [0.4, 0.5) is 0 Å². The van der Waals surface area contributed by atoms with Crippen molar-refractivity contribution in [3.63, 3.8) is 0 Å². The van der Waals surface area contributed by atoms with Gasteiger partial charge in [0.25, 0.3) is 0 Å². The Hall–Kier alpha value is -4.43. The van der Waals surface area contributed by atoms with E-state index in [4.69, 9.17) is 0 Å². The lowest BCUT2D eigenvalue weighted by Gasteiger charge is -2.39. The quantitative estimate of drug-likeness (QED) is 0.188. The zero-order chi connectivity index (χ0) is 38.7. The van der Waals surface area contributed by atoms with Gasteiger partial charge < -0.3 is 31.7 Å². The number of carbonyl (C=O) groups is 6. The molecule has 0 radical (unpaired) electrons. The molecule has 0 aromatic heterocycles. The molecule has 2 aliphatic rings. The van der Waals surface area contributed by atoms with Gasteiger partial charge in [0.05, 0.1) is 12.1 Å². The number of nitrogens with zero attached hydrogens (tertiary/aromatic N) is 1. The molecule has 2 aromatic carbocycles. The molecule has 5 amide bonds. The Balaban J connectivity index is 1.83. The summed E-state index contributed by atoms with van der Waals surface area (Å²) in [7, 11) is 0. The summed E-state index contributed by atoms with van der Waals surface area (Å²) in [6.45, 7) is 9.76. The van der Waals surface area contributed by atoms with Crippen molar-refractivity contribution in [2.24, 2.45) is 5.92 Å². The minimum Gasteiger partial charge on any atom is -0.481 e. The van der Waals surface area contributed by atoms with Gasteiger partial charge in [-0.05, 0) is 76.6 Å². The molecule has 0 spiro atoms. The zero-order valence-corrected chi connectivity index (χ0v) is 32.0. The van der Waals surface area contributed by atoms with Gasteiger partial charge in [-0.25, -0.2) is 0 Å². The number of amides is 5. The summed E-state index contributed by atoms with van der Waals surface area (Å²) in [6.07, 6.45) is 0.728. The van der Waals surface area contributed by atoms with Crippen LogP contribution in [-0.2, 0) is 35.2 Å². The van der Waals surface area contributed by atoms with E-state index in [1.54, 1.807) is 17.0 Å². The molecule has 1 unspecified atom stereocenters. The van der Waals surface area contributed by atoms with Crippen LogP contribution in [0, 0.1) is 5.92 Å². The highest BCUT2D eigenvalue weighted by atomic mass is 32.2. The number of carboxylic acids is 1. The Morgan fingerprint density at radius 3 is 2.06 bits per heavy atom. The van der Waals surface area contributed by atoms with Crippen molar-refractivity contribution in [2.75, 3.05) is 12.3 Å². The number of rotatable bonds is 11. The molecular weight excluding hydrogens is 697 g/mol. The van der Waals surface area contributed by atoms with Crippen LogP contribution < -0.4 is 26.6 Å². The van der Waals surface area contributed by atoms with E-state index in [9.17, 15) is 33.9 Å². The molecule has 13 nitrogen and oxygen atoms in total. The fourth-order valence-corrected chi connectivity index (χ4v) is 7.71. The first kappa shape index (κ1) is 41.3. The van der Waals surface area contributed by atoms with Gasteiger partial charge in [0, 0.05) is 29.0 Å². The topological polar surface area (TPSA) is 186 Å². The second-order valence-electron chi connectivity index (χ2n) is 15.3. The van der Waals surface area contributed by atoms with Gasteiger partial charge in [-0.1, -0.05) is 62.4 Å². The Morgan fingerprint density at radius 2 is 1.43 bits per heavy atom. The number of benzene rings is 2. The lowest BCUT2D eigenvalue weighted by atomic mass is 10.00. The van der Waals surface area contributed by atoms with Crippen molar-refractivity contribution in [1.29, 1.82) is 0 Å². The molecule has 288 valence electrons. The fraction of sp³-hybridized carbons (Fsp3) is 0.538. The Morgan fingerprint density at radius 1 is 0.849 bits per heavy atom. The number of fused-ring (bicyclic) bond motifs is 1. The van der Waals surface area contributed by atoms with Crippen LogP contribution in [0.2, 0.25) is 0 Å². The van der Waals surface area contributed by atoms with Crippen LogP contribution in [0.5, 0.6) is 0 Å². The summed E-state index contributed by atoms with van der Waals surface area (Å²) in [4.78, 5) is 85.4. The molecule has 0 bridgehead atoms. The van der Waals surface area contributed by atoms with Gasteiger partial charge >= 0.3 is 5.97 Å². The van der Waals surface area contributed by atoms with Gasteiger partial charge in [-0.2, -0.15) is 0 Å². The van der Waals surface area contributed by atoms with Crippen LogP contribution >= 0.6 is 11.8 Å². The van der Waals surface area contributed by atoms with Crippen molar-refractivity contribution >= 4 is 47.3 Å². The number of carbonyl (C=O) groups excluding carboxylic acids is 5. The lowest BCUT2D eigenvalue weighted by molar-refractivity contribution is -0.138. The summed E-state index contributed by atoms with van der Waals surface area (Å²) >= 11 is 1.42. The van der Waals surface area contributed by atoms with Gasteiger partial charge in [0.15, 0.2) is 0 Å². The maximum Gasteiger partial charge on any atom is 0.303 e. The van der Waals surface area contributed by atoms with Crippen LogP contribution in [-0.4, -0.2) is 99.6 Å². The Labute approximate surface area is 316 Å². The molecule has 6 atom stereocenters. The SMILES string of the molecule is CC(C)C[C@@H]1NC(=O)[C@H]2CCCN2[C@@H](C(=O)NC(C)(C)C)[C@@H](CSc2ccccc2)NC(=O)C(CCC(=O)O)NC(=O)[C@H](Cc2ccccc2)NC1=O. The monoisotopic (exact) mass is 750 g/mol. The minimum atomic E-state index is -1.31. The van der Waals surface area contributed by atoms with E-state index in [0.29, 0.717) is 19.4 Å². The van der Waals surface area contributed by atoms with Crippen molar-refractivity contribution in [3.8, 4) is 0 Å². The second-order valence-corrected chi connectivity index (χ2v) is 16.3. The third-order valence-corrected chi connectivity index (χ3v) is 10.3. The van der Waals surface area contributed by atoms with Crippen LogP contribution in [0.1, 0.15) is 72.3 Å². The number of nitrogens with one attached hydrogen (secondary N) is 5. The standard InChI is InChI=1S/C39H54N6O7S/c1-24(2)21-28-35(49)41-29(22-25-13-8-6-9-14-25)36(50)40-27(18-19-32(46)47)34(48)43-30(23-53-26-15-10-7-11-16-26)33(38(52)44-39(3,4)5)45-20-12-17-31(45)37(51)42-28/h6-11,13-16,24,27-31,33H,12,17-23H2,1-5H3,(H,40,50)(H,41,49)(H,42,51)(H,43,48)(H,44,52)(H,46,47)/t27?,28-,29-,30+,31+,33+/m0/s1. The van der Waals surface area contributed by atoms with E-state index in [1.807, 2.05) is 83.1 Å². The molecule has 2 fully saturated rings. The van der Waals surface area contributed by atoms with Crippen molar-refractivity contribution in [1.82, 2.24) is 31.5 Å². The molecule has 0 saturated carbocycles. The van der Waals surface area contributed by atoms with E-state index in [1.165, 1.54) is 11.8 Å². The Kier molecular flexibility index (Phi) is 14.9. The van der Waals surface area contributed by atoms with Crippen molar-refractivity contribution < 1.29 is 33.9 Å². The largest absolute Gasteiger partial charge is 0.481 e. The number of hydrogen-bond donors (Lipinski definition) is 6. The molecular formula is C39H54N6O7S. The van der Waals surface area contributed by atoms with Gasteiger partial charge in [-0.3, -0.25) is 33.7 Å². The highest BCUT2D eigenvalue weighted by Crippen LogP contribution is 2.27. The van der Waals surface area contributed by atoms with Crippen LogP contribution in [0.25, 0.3) is 0 Å². The number of carboxylic acid groups (broad SMARTS) is 1. The predicted octanol–water partition coefficient (Wildman–Crippen LogP) is 2.63. The highest BCUT2D eigenvalue weighted by molar-refractivity contribution is 7.99. The first-order chi connectivity index (χ1) is 25.1. The molecule has 14 heteroatoms. The predicted molar refractivity (Wildman–Crippen MR) is 203 cm³/mol. The summed E-state index contributed by atoms with van der Waals surface area (Å²) < 4.78 is 0. The molecule has 2 aromatic rings. The average molecular weight is 751 g/mol. The molecule has 53 heavy (non-hydrogen) atoms. The van der Waals surface area contributed by atoms with Gasteiger partial charge in [-0.15, -0.1) is 11.8 Å². The van der Waals surface area contributed by atoms with E-state index >= 15 is 0 Å². The van der Waals surface area contributed by atoms with E-state index in [-0.39, 0.29) is 30.9 Å². The van der Waals surface area contributed by atoms with Crippen molar-refractivity contribution in [2.45, 2.75) is 120 Å². The van der Waals surface area contributed by atoms with Crippen LogP contribution in [0.3, 0.4) is 0 Å². The summed E-state index contributed by atoms with van der Waals surface area (Å²) in [5, 5.41) is 24.2. The lowest BCUT2D eigenvalue weighted by Crippen LogP contribution is -2.65. The highest BCUT2D eigenvalue weighted by Gasteiger charge is 2.45. The maximum atomic E-state index is 14.4. The second kappa shape index (κ2) is 19.1.